The Hall–Kier alpha value is -1.63. The lowest BCUT2D eigenvalue weighted by atomic mass is 9.94. The van der Waals surface area contributed by atoms with Crippen LogP contribution in [0.25, 0.3) is 0 Å². The highest BCUT2D eigenvalue weighted by Gasteiger charge is 2.22. The normalized spacial score (nSPS) is 13.1. The fourth-order valence-corrected chi connectivity index (χ4v) is 2.10. The van der Waals surface area contributed by atoms with E-state index < -0.39 is 0 Å². The van der Waals surface area contributed by atoms with Crippen molar-refractivity contribution < 1.29 is 33.3 Å². The lowest BCUT2D eigenvalue weighted by molar-refractivity contribution is -0.147. The Bertz CT molecular complexity index is 354. The van der Waals surface area contributed by atoms with Crippen LogP contribution in [0.5, 0.6) is 0 Å². The van der Waals surface area contributed by atoms with E-state index in [0.717, 1.165) is 0 Å². The number of esters is 3. The van der Waals surface area contributed by atoms with Crippen molar-refractivity contribution in [3.8, 4) is 0 Å². The summed E-state index contributed by atoms with van der Waals surface area (Å²) in [5, 5.41) is 0. The second kappa shape index (κ2) is 12.0. The van der Waals surface area contributed by atoms with Gasteiger partial charge in [-0.3, -0.25) is 14.4 Å². The summed E-state index contributed by atoms with van der Waals surface area (Å²) in [5.41, 5.74) is 0. The average Bonchev–Trinajstić information content (AvgIpc) is 2.54. The number of ether oxygens (including phenoxy) is 4. The first-order valence-corrected chi connectivity index (χ1v) is 7.22. The van der Waals surface area contributed by atoms with Crippen LogP contribution in [-0.2, 0) is 33.3 Å². The molecule has 0 aliphatic heterocycles. The van der Waals surface area contributed by atoms with Gasteiger partial charge >= 0.3 is 17.9 Å². The van der Waals surface area contributed by atoms with Gasteiger partial charge < -0.3 is 18.9 Å². The van der Waals surface area contributed by atoms with Gasteiger partial charge in [0, 0.05) is 13.5 Å². The third-order valence-corrected chi connectivity index (χ3v) is 3.49. The summed E-state index contributed by atoms with van der Waals surface area (Å²) in [4.78, 5) is 34.1. The van der Waals surface area contributed by atoms with Gasteiger partial charge in [0.15, 0.2) is 0 Å². The summed E-state index contributed by atoms with van der Waals surface area (Å²) < 4.78 is 19.2. The summed E-state index contributed by atoms with van der Waals surface area (Å²) in [6.07, 6.45) is 2.22. The van der Waals surface area contributed by atoms with Crippen molar-refractivity contribution in [2.45, 2.75) is 44.6 Å². The maximum Gasteiger partial charge on any atom is 0.308 e. The molecule has 0 bridgehead atoms. The Balaban J connectivity index is 4.36. The lowest BCUT2D eigenvalue weighted by Crippen LogP contribution is -2.22. The summed E-state index contributed by atoms with van der Waals surface area (Å²) >= 11 is 0. The van der Waals surface area contributed by atoms with Crippen LogP contribution in [-0.4, -0.2) is 52.5 Å². The molecule has 0 aromatic heterocycles. The van der Waals surface area contributed by atoms with Crippen LogP contribution in [0.2, 0.25) is 0 Å². The van der Waals surface area contributed by atoms with E-state index >= 15 is 0 Å². The molecule has 0 aliphatic carbocycles. The third-order valence-electron chi connectivity index (χ3n) is 3.49. The fourth-order valence-electron chi connectivity index (χ4n) is 2.10. The third kappa shape index (κ3) is 8.61. The van der Waals surface area contributed by atoms with Gasteiger partial charge in [-0.2, -0.15) is 0 Å². The Kier molecular flexibility index (Phi) is 11.1. The van der Waals surface area contributed by atoms with Crippen LogP contribution in [0.15, 0.2) is 0 Å². The fraction of sp³-hybridized carbons (Fsp3) is 0.800. The number of carbonyl (C=O) groups excluding carboxylic acids is 3. The molecule has 7 nitrogen and oxygen atoms in total. The van der Waals surface area contributed by atoms with Gasteiger partial charge in [-0.15, -0.1) is 0 Å². The standard InChI is InChI=1S/C15H26O7/c1-19-12(10-14(17)21-3)9-8-11(15(18)22-4)6-5-7-13(16)20-2/h11-12H,5-10H2,1-4H3. The predicted molar refractivity (Wildman–Crippen MR) is 78.0 cm³/mol. The van der Waals surface area contributed by atoms with Crippen LogP contribution >= 0.6 is 0 Å². The van der Waals surface area contributed by atoms with E-state index in [1.54, 1.807) is 0 Å². The van der Waals surface area contributed by atoms with Crippen molar-refractivity contribution in [1.82, 2.24) is 0 Å². The highest BCUT2D eigenvalue weighted by molar-refractivity contribution is 5.72. The Labute approximate surface area is 131 Å². The summed E-state index contributed by atoms with van der Waals surface area (Å²) in [6.45, 7) is 0. The Morgan fingerprint density at radius 3 is 1.95 bits per heavy atom. The molecule has 0 saturated heterocycles. The Morgan fingerprint density at radius 1 is 0.818 bits per heavy atom. The first kappa shape index (κ1) is 20.4. The quantitative estimate of drug-likeness (QED) is 0.421. The van der Waals surface area contributed by atoms with Gasteiger partial charge in [0.25, 0.3) is 0 Å². The zero-order valence-electron chi connectivity index (χ0n) is 13.8. The number of carbonyl (C=O) groups is 3. The van der Waals surface area contributed by atoms with Gasteiger partial charge in [-0.1, -0.05) is 0 Å². The van der Waals surface area contributed by atoms with Crippen molar-refractivity contribution in [2.24, 2.45) is 5.92 Å². The summed E-state index contributed by atoms with van der Waals surface area (Å²) in [6, 6.07) is 0. The second-order valence-electron chi connectivity index (χ2n) is 4.90. The zero-order valence-corrected chi connectivity index (χ0v) is 13.8. The SMILES string of the molecule is COC(=O)CCCC(CCC(CC(=O)OC)OC)C(=O)OC. The van der Waals surface area contributed by atoms with Gasteiger partial charge in [-0.05, 0) is 25.7 Å². The minimum Gasteiger partial charge on any atom is -0.469 e. The molecule has 0 rings (SSSR count). The molecule has 0 saturated carbocycles. The summed E-state index contributed by atoms with van der Waals surface area (Å²) in [5.74, 6) is -1.31. The van der Waals surface area contributed by atoms with Gasteiger partial charge in [-0.25, -0.2) is 0 Å². The zero-order chi connectivity index (χ0) is 17.0. The maximum atomic E-state index is 11.8. The minimum absolute atomic E-state index is 0.142. The van der Waals surface area contributed by atoms with Crippen molar-refractivity contribution in [3.63, 3.8) is 0 Å². The monoisotopic (exact) mass is 318 g/mol. The van der Waals surface area contributed by atoms with Crippen molar-refractivity contribution >= 4 is 17.9 Å². The Morgan fingerprint density at radius 2 is 1.45 bits per heavy atom. The van der Waals surface area contributed by atoms with E-state index in [0.29, 0.717) is 25.7 Å². The van der Waals surface area contributed by atoms with E-state index in [9.17, 15) is 14.4 Å². The van der Waals surface area contributed by atoms with Crippen LogP contribution in [0.1, 0.15) is 38.5 Å². The molecule has 0 spiro atoms. The number of hydrogen-bond donors (Lipinski definition) is 0. The summed E-state index contributed by atoms with van der Waals surface area (Å²) in [7, 11) is 5.49. The molecule has 0 aromatic rings. The second-order valence-corrected chi connectivity index (χ2v) is 4.90. The van der Waals surface area contributed by atoms with Crippen LogP contribution in [0.3, 0.4) is 0 Å². The molecule has 0 N–H and O–H groups in total. The molecule has 0 amide bonds. The van der Waals surface area contributed by atoms with Gasteiger partial charge in [0.2, 0.25) is 0 Å². The van der Waals surface area contributed by atoms with Crippen molar-refractivity contribution in [2.75, 3.05) is 28.4 Å². The van der Waals surface area contributed by atoms with E-state index in [1.807, 2.05) is 0 Å². The first-order chi connectivity index (χ1) is 10.5. The molecule has 2 atom stereocenters. The van der Waals surface area contributed by atoms with Crippen LogP contribution in [0.4, 0.5) is 0 Å². The maximum absolute atomic E-state index is 11.8. The molecule has 0 aromatic carbocycles. The van der Waals surface area contributed by atoms with E-state index in [-0.39, 0.29) is 42.8 Å². The largest absolute Gasteiger partial charge is 0.469 e. The van der Waals surface area contributed by atoms with Crippen molar-refractivity contribution in [3.05, 3.63) is 0 Å². The molecular formula is C15H26O7. The molecule has 128 valence electrons. The lowest BCUT2D eigenvalue weighted by Gasteiger charge is -2.18. The molecule has 0 heterocycles. The van der Waals surface area contributed by atoms with E-state index in [4.69, 9.17) is 9.47 Å². The van der Waals surface area contributed by atoms with E-state index in [1.165, 1.54) is 28.4 Å². The van der Waals surface area contributed by atoms with Crippen LogP contribution in [0, 0.1) is 5.92 Å². The van der Waals surface area contributed by atoms with Crippen LogP contribution < -0.4 is 0 Å². The number of rotatable bonds is 11. The minimum atomic E-state index is -0.354. The predicted octanol–water partition coefficient (Wildman–Crippen LogP) is 1.48. The van der Waals surface area contributed by atoms with Gasteiger partial charge in [0.1, 0.15) is 0 Å². The van der Waals surface area contributed by atoms with Crippen molar-refractivity contribution in [1.29, 1.82) is 0 Å². The molecule has 0 fully saturated rings. The van der Waals surface area contributed by atoms with E-state index in [2.05, 4.69) is 9.47 Å². The molecule has 0 radical (unpaired) electrons. The molecular weight excluding hydrogens is 292 g/mol. The smallest absolute Gasteiger partial charge is 0.308 e. The topological polar surface area (TPSA) is 88.1 Å². The first-order valence-electron chi connectivity index (χ1n) is 7.22. The molecule has 7 heteroatoms. The highest BCUT2D eigenvalue weighted by atomic mass is 16.5. The highest BCUT2D eigenvalue weighted by Crippen LogP contribution is 2.20. The number of hydrogen-bond acceptors (Lipinski definition) is 7. The number of methoxy groups -OCH3 is 4. The molecule has 22 heavy (non-hydrogen) atoms. The molecule has 0 aliphatic rings. The van der Waals surface area contributed by atoms with Gasteiger partial charge in [0.05, 0.1) is 39.8 Å². The average molecular weight is 318 g/mol. The molecule has 2 unspecified atom stereocenters.